The van der Waals surface area contributed by atoms with Crippen LogP contribution >= 0.6 is 11.6 Å². The number of benzene rings is 3. The highest BCUT2D eigenvalue weighted by atomic mass is 35.5. The van der Waals surface area contributed by atoms with Gasteiger partial charge in [0.05, 0.1) is 13.7 Å². The van der Waals surface area contributed by atoms with Crippen molar-refractivity contribution in [2.75, 3.05) is 13.7 Å². The Kier molecular flexibility index (Phi) is 6.23. The van der Waals surface area contributed by atoms with Crippen molar-refractivity contribution < 1.29 is 18.7 Å². The van der Waals surface area contributed by atoms with E-state index in [4.69, 9.17) is 21.1 Å². The largest absolute Gasteiger partial charge is 0.493 e. The van der Waals surface area contributed by atoms with Crippen LogP contribution in [0.5, 0.6) is 11.5 Å². The lowest BCUT2D eigenvalue weighted by Crippen LogP contribution is -2.22. The van der Waals surface area contributed by atoms with Gasteiger partial charge in [0, 0.05) is 29.1 Å². The van der Waals surface area contributed by atoms with Gasteiger partial charge in [0.2, 0.25) is 0 Å². The number of carbonyl (C=O) groups excluding carboxylic acids is 1. The van der Waals surface area contributed by atoms with Crippen LogP contribution in [0.2, 0.25) is 5.02 Å². The summed E-state index contributed by atoms with van der Waals surface area (Å²) in [4.78, 5) is 12.8. The fourth-order valence-electron chi connectivity index (χ4n) is 3.51. The molecule has 0 heterocycles. The molecule has 0 fully saturated rings. The second-order valence-corrected chi connectivity index (χ2v) is 7.64. The van der Waals surface area contributed by atoms with Crippen LogP contribution in [0.1, 0.15) is 27.0 Å². The molecular weight excluding hydrogens is 417 g/mol. The molecule has 6 heteroatoms. The number of rotatable bonds is 7. The van der Waals surface area contributed by atoms with Crippen LogP contribution in [0.4, 0.5) is 4.39 Å². The standard InChI is InChI=1S/C25H21ClFNO3/c1-30-23-9-6-19(25(29)28-21-13-16-4-2-3-5-17(16)14-21)15-24(23)31-11-10-18-12-20(26)7-8-22(18)27/h2-9,12-13,15H,10-11,14H2,1H3,(H,28,29). The number of hydrogen-bond donors (Lipinski definition) is 1. The monoisotopic (exact) mass is 437 g/mol. The van der Waals surface area contributed by atoms with Crippen LogP contribution in [0, 0.1) is 5.82 Å². The molecule has 0 aliphatic heterocycles. The van der Waals surface area contributed by atoms with Gasteiger partial charge < -0.3 is 14.8 Å². The highest BCUT2D eigenvalue weighted by Crippen LogP contribution is 2.29. The third kappa shape index (κ3) is 4.89. The molecule has 3 aromatic carbocycles. The normalized spacial score (nSPS) is 12.2. The lowest BCUT2D eigenvalue weighted by atomic mass is 10.1. The average molecular weight is 438 g/mol. The Morgan fingerprint density at radius 1 is 1.10 bits per heavy atom. The van der Waals surface area contributed by atoms with Crippen LogP contribution in [0.3, 0.4) is 0 Å². The van der Waals surface area contributed by atoms with E-state index in [9.17, 15) is 9.18 Å². The third-order valence-corrected chi connectivity index (χ3v) is 5.34. The van der Waals surface area contributed by atoms with Crippen LogP contribution < -0.4 is 14.8 Å². The molecule has 4 rings (SSSR count). The second kappa shape index (κ2) is 9.23. The molecule has 0 saturated carbocycles. The van der Waals surface area contributed by atoms with E-state index in [1.165, 1.54) is 24.8 Å². The van der Waals surface area contributed by atoms with Crippen LogP contribution in [-0.4, -0.2) is 19.6 Å². The summed E-state index contributed by atoms with van der Waals surface area (Å²) >= 11 is 5.94. The van der Waals surface area contributed by atoms with Gasteiger partial charge in [-0.1, -0.05) is 35.9 Å². The molecule has 0 bridgehead atoms. The molecule has 158 valence electrons. The van der Waals surface area contributed by atoms with Gasteiger partial charge in [-0.2, -0.15) is 0 Å². The number of fused-ring (bicyclic) bond motifs is 1. The van der Waals surface area contributed by atoms with Crippen LogP contribution in [0.25, 0.3) is 6.08 Å². The lowest BCUT2D eigenvalue weighted by molar-refractivity contribution is 0.0965. The zero-order chi connectivity index (χ0) is 21.8. The van der Waals surface area contributed by atoms with Gasteiger partial charge >= 0.3 is 0 Å². The molecule has 0 aromatic heterocycles. The number of hydrogen-bond acceptors (Lipinski definition) is 3. The molecule has 0 unspecified atom stereocenters. The van der Waals surface area contributed by atoms with Crippen molar-refractivity contribution in [2.24, 2.45) is 0 Å². The minimum atomic E-state index is -0.334. The number of nitrogens with one attached hydrogen (secondary N) is 1. The zero-order valence-electron chi connectivity index (χ0n) is 17.0. The molecule has 1 aliphatic rings. The molecule has 4 nitrogen and oxygen atoms in total. The molecule has 0 saturated heterocycles. The van der Waals surface area contributed by atoms with Crippen LogP contribution in [-0.2, 0) is 12.8 Å². The topological polar surface area (TPSA) is 47.6 Å². The maximum Gasteiger partial charge on any atom is 0.255 e. The van der Waals surface area contributed by atoms with Gasteiger partial charge in [0.25, 0.3) is 5.91 Å². The molecule has 1 N–H and O–H groups in total. The summed E-state index contributed by atoms with van der Waals surface area (Å²) in [5, 5.41) is 3.43. The SMILES string of the molecule is COc1ccc(C(=O)NC2=Cc3ccccc3C2)cc1OCCc1cc(Cl)ccc1F. The minimum Gasteiger partial charge on any atom is -0.493 e. The summed E-state index contributed by atoms with van der Waals surface area (Å²) in [6, 6.07) is 17.4. The molecule has 3 aromatic rings. The first-order valence-electron chi connectivity index (χ1n) is 9.88. The van der Waals surface area contributed by atoms with Gasteiger partial charge in [-0.05, 0) is 59.2 Å². The van der Waals surface area contributed by atoms with Crippen LogP contribution in [0.15, 0.2) is 66.4 Å². The first kappa shape index (κ1) is 20.9. The second-order valence-electron chi connectivity index (χ2n) is 7.20. The first-order valence-corrected chi connectivity index (χ1v) is 10.3. The maximum atomic E-state index is 13.9. The summed E-state index contributed by atoms with van der Waals surface area (Å²) in [5.74, 6) is 0.350. The van der Waals surface area contributed by atoms with Crippen molar-refractivity contribution >= 4 is 23.6 Å². The highest BCUT2D eigenvalue weighted by Gasteiger charge is 2.17. The van der Waals surface area contributed by atoms with Crippen molar-refractivity contribution in [3.8, 4) is 11.5 Å². The van der Waals surface area contributed by atoms with E-state index in [0.29, 0.717) is 40.5 Å². The molecule has 0 radical (unpaired) electrons. The summed E-state index contributed by atoms with van der Waals surface area (Å²) in [6.07, 6.45) is 3.00. The first-order chi connectivity index (χ1) is 15.0. The summed E-state index contributed by atoms with van der Waals surface area (Å²) in [7, 11) is 1.53. The summed E-state index contributed by atoms with van der Waals surface area (Å²) in [6.45, 7) is 0.207. The number of ether oxygens (including phenoxy) is 2. The van der Waals surface area contributed by atoms with Gasteiger partial charge in [-0.3, -0.25) is 4.79 Å². The average Bonchev–Trinajstić information content (AvgIpc) is 3.18. The molecule has 31 heavy (non-hydrogen) atoms. The Bertz CT molecular complexity index is 1160. The molecule has 1 aliphatic carbocycles. The van der Waals surface area contributed by atoms with E-state index in [1.54, 1.807) is 24.3 Å². The number of amides is 1. The predicted molar refractivity (Wildman–Crippen MR) is 119 cm³/mol. The van der Waals surface area contributed by atoms with Crippen molar-refractivity contribution in [1.29, 1.82) is 0 Å². The minimum absolute atomic E-state index is 0.207. The Balaban J connectivity index is 1.43. The van der Waals surface area contributed by atoms with Gasteiger partial charge in [-0.15, -0.1) is 0 Å². The molecule has 1 amide bonds. The Labute approximate surface area is 185 Å². The van der Waals surface area contributed by atoms with E-state index in [1.807, 2.05) is 30.3 Å². The number of halogens is 2. The predicted octanol–water partition coefficient (Wildman–Crippen LogP) is 5.44. The van der Waals surface area contributed by atoms with Gasteiger partial charge in [0.15, 0.2) is 11.5 Å². The van der Waals surface area contributed by atoms with Crippen molar-refractivity contribution in [2.45, 2.75) is 12.8 Å². The van der Waals surface area contributed by atoms with Gasteiger partial charge in [0.1, 0.15) is 5.82 Å². The third-order valence-electron chi connectivity index (χ3n) is 5.10. The molecular formula is C25H21ClFNO3. The summed E-state index contributed by atoms with van der Waals surface area (Å²) in [5.41, 5.74) is 4.06. The lowest BCUT2D eigenvalue weighted by Gasteiger charge is -2.13. The Hall–Kier alpha value is -3.31. The maximum absolute atomic E-state index is 13.9. The van der Waals surface area contributed by atoms with Crippen molar-refractivity contribution in [3.05, 3.63) is 99.5 Å². The quantitative estimate of drug-likeness (QED) is 0.535. The zero-order valence-corrected chi connectivity index (χ0v) is 17.7. The van der Waals surface area contributed by atoms with Crippen molar-refractivity contribution in [1.82, 2.24) is 5.32 Å². The molecule has 0 atom stereocenters. The van der Waals surface area contributed by atoms with Gasteiger partial charge in [-0.25, -0.2) is 4.39 Å². The fourth-order valence-corrected chi connectivity index (χ4v) is 3.71. The highest BCUT2D eigenvalue weighted by molar-refractivity contribution is 6.30. The number of methoxy groups -OCH3 is 1. The fraction of sp³-hybridized carbons (Fsp3) is 0.160. The Morgan fingerprint density at radius 3 is 2.74 bits per heavy atom. The van der Waals surface area contributed by atoms with E-state index < -0.39 is 0 Å². The van der Waals surface area contributed by atoms with E-state index in [2.05, 4.69) is 5.32 Å². The number of carbonyl (C=O) groups is 1. The molecule has 0 spiro atoms. The number of allylic oxidation sites excluding steroid dienone is 1. The van der Waals surface area contributed by atoms with E-state index in [-0.39, 0.29) is 18.3 Å². The van der Waals surface area contributed by atoms with E-state index >= 15 is 0 Å². The van der Waals surface area contributed by atoms with Crippen molar-refractivity contribution in [3.63, 3.8) is 0 Å². The van der Waals surface area contributed by atoms with E-state index in [0.717, 1.165) is 11.3 Å². The summed E-state index contributed by atoms with van der Waals surface area (Å²) < 4.78 is 25.1. The smallest absolute Gasteiger partial charge is 0.255 e. The Morgan fingerprint density at radius 2 is 1.94 bits per heavy atom.